The van der Waals surface area contributed by atoms with Crippen molar-refractivity contribution < 1.29 is 17.5 Å². The summed E-state index contributed by atoms with van der Waals surface area (Å²) < 4.78 is 43.6. The molecule has 1 aliphatic rings. The highest BCUT2D eigenvalue weighted by atomic mass is 32.2. The van der Waals surface area contributed by atoms with Crippen molar-refractivity contribution in [3.05, 3.63) is 64.8 Å². The third-order valence-electron chi connectivity index (χ3n) is 3.05. The number of ether oxygens (including phenoxy) is 1. The first-order chi connectivity index (χ1) is 9.59. The summed E-state index contributed by atoms with van der Waals surface area (Å²) in [4.78, 5) is -0.187. The number of halogens is 1. The molecule has 0 amide bonds. The molecule has 1 heterocycles. The highest BCUT2D eigenvalue weighted by molar-refractivity contribution is 7.95. The van der Waals surface area contributed by atoms with E-state index >= 15 is 0 Å². The Kier molecular flexibility index (Phi) is 3.06. The molecular weight excluding hydrogens is 279 g/mol. The van der Waals surface area contributed by atoms with Gasteiger partial charge in [-0.05, 0) is 29.8 Å². The Morgan fingerprint density at radius 3 is 2.45 bits per heavy atom. The van der Waals surface area contributed by atoms with Crippen molar-refractivity contribution in [2.45, 2.75) is 4.90 Å². The van der Waals surface area contributed by atoms with Gasteiger partial charge in [0.1, 0.15) is 23.1 Å². The van der Waals surface area contributed by atoms with Gasteiger partial charge in [0.15, 0.2) is 0 Å². The van der Waals surface area contributed by atoms with Crippen molar-refractivity contribution in [1.82, 2.24) is 0 Å². The first-order valence-electron chi connectivity index (χ1n) is 6.01. The molecule has 3 nitrogen and oxygen atoms in total. The normalized spacial score (nSPS) is 15.6. The minimum absolute atomic E-state index is 0.0708. The maximum Gasteiger partial charge on any atom is 0.209 e. The zero-order chi connectivity index (χ0) is 14.2. The number of hydrogen-bond acceptors (Lipinski definition) is 3. The molecule has 0 fully saturated rings. The Labute approximate surface area is 116 Å². The third kappa shape index (κ3) is 2.10. The summed E-state index contributed by atoms with van der Waals surface area (Å²) in [6.45, 7) is -0.111. The van der Waals surface area contributed by atoms with Gasteiger partial charge in [0.05, 0.1) is 4.91 Å². The van der Waals surface area contributed by atoms with Crippen LogP contribution in [0.25, 0.3) is 6.08 Å². The van der Waals surface area contributed by atoms with Crippen LogP contribution < -0.4 is 4.74 Å². The van der Waals surface area contributed by atoms with Crippen molar-refractivity contribution in [2.75, 3.05) is 6.61 Å². The van der Waals surface area contributed by atoms with Crippen LogP contribution in [-0.2, 0) is 9.84 Å². The predicted molar refractivity (Wildman–Crippen MR) is 73.5 cm³/mol. The molecule has 5 heteroatoms. The third-order valence-corrected chi connectivity index (χ3v) is 4.95. The summed E-state index contributed by atoms with van der Waals surface area (Å²) in [7, 11) is -3.79. The first-order valence-corrected chi connectivity index (χ1v) is 7.49. The highest BCUT2D eigenvalue weighted by Gasteiger charge is 2.32. The van der Waals surface area contributed by atoms with Crippen LogP contribution >= 0.6 is 0 Å². The fourth-order valence-corrected chi connectivity index (χ4v) is 3.62. The standard InChI is InChI=1S/C15H11FO3S/c16-14-8-4-5-11-9-13(20(17,18)15(11)14)10-19-12-6-2-1-3-7-12/h1-9H,10H2. The Balaban J connectivity index is 1.89. The maximum absolute atomic E-state index is 13.7. The molecule has 0 unspecified atom stereocenters. The number of fused-ring (bicyclic) bond motifs is 1. The van der Waals surface area contributed by atoms with Crippen LogP contribution in [0, 0.1) is 5.82 Å². The van der Waals surface area contributed by atoms with Crippen LogP contribution in [0.2, 0.25) is 0 Å². The molecule has 2 aromatic rings. The molecule has 0 N–H and O–H groups in total. The summed E-state index contributed by atoms with van der Waals surface area (Å²) in [6, 6.07) is 13.1. The fourth-order valence-electron chi connectivity index (χ4n) is 2.10. The largest absolute Gasteiger partial charge is 0.488 e. The van der Waals surface area contributed by atoms with Gasteiger partial charge in [-0.2, -0.15) is 0 Å². The molecule has 0 atom stereocenters. The summed E-state index contributed by atoms with van der Waals surface area (Å²) in [5, 5.41) is 0. The van der Waals surface area contributed by atoms with Gasteiger partial charge < -0.3 is 4.74 Å². The van der Waals surface area contributed by atoms with Crippen LogP contribution in [0.4, 0.5) is 4.39 Å². The summed E-state index contributed by atoms with van der Waals surface area (Å²) in [6.07, 6.45) is 1.46. The molecule has 2 aromatic carbocycles. The zero-order valence-electron chi connectivity index (χ0n) is 10.4. The Hall–Kier alpha value is -2.14. The van der Waals surface area contributed by atoms with Crippen molar-refractivity contribution >= 4 is 15.9 Å². The second-order valence-corrected chi connectivity index (χ2v) is 6.31. The molecule has 20 heavy (non-hydrogen) atoms. The van der Waals surface area contributed by atoms with Gasteiger partial charge in [0.25, 0.3) is 0 Å². The van der Waals surface area contributed by atoms with Crippen LogP contribution in [0.1, 0.15) is 5.56 Å². The van der Waals surface area contributed by atoms with E-state index in [1.54, 1.807) is 30.3 Å². The molecule has 0 radical (unpaired) electrons. The van der Waals surface area contributed by atoms with Gasteiger partial charge >= 0.3 is 0 Å². The average molecular weight is 290 g/mol. The topological polar surface area (TPSA) is 43.4 Å². The van der Waals surface area contributed by atoms with E-state index in [1.807, 2.05) is 6.07 Å². The fraction of sp³-hybridized carbons (Fsp3) is 0.0667. The lowest BCUT2D eigenvalue weighted by Gasteiger charge is -2.07. The van der Waals surface area contributed by atoms with Crippen molar-refractivity contribution in [3.8, 4) is 5.75 Å². The van der Waals surface area contributed by atoms with Gasteiger partial charge in [-0.15, -0.1) is 0 Å². The van der Waals surface area contributed by atoms with E-state index in [9.17, 15) is 12.8 Å². The molecule has 0 aliphatic carbocycles. The van der Waals surface area contributed by atoms with Gasteiger partial charge in [-0.3, -0.25) is 0 Å². The van der Waals surface area contributed by atoms with E-state index in [0.29, 0.717) is 11.3 Å². The Bertz CT molecular complexity index is 780. The van der Waals surface area contributed by atoms with Crippen LogP contribution in [0.15, 0.2) is 58.3 Å². The van der Waals surface area contributed by atoms with Gasteiger partial charge in [-0.25, -0.2) is 12.8 Å². The number of hydrogen-bond donors (Lipinski definition) is 0. The molecule has 102 valence electrons. The van der Waals surface area contributed by atoms with E-state index in [2.05, 4.69) is 0 Å². The van der Waals surface area contributed by atoms with Gasteiger partial charge in [-0.1, -0.05) is 30.3 Å². The monoisotopic (exact) mass is 290 g/mol. The Morgan fingerprint density at radius 2 is 1.75 bits per heavy atom. The van der Waals surface area contributed by atoms with Crippen molar-refractivity contribution in [3.63, 3.8) is 0 Å². The van der Waals surface area contributed by atoms with Gasteiger partial charge in [0.2, 0.25) is 9.84 Å². The summed E-state index contributed by atoms with van der Waals surface area (Å²) in [5.41, 5.74) is 0.372. The van der Waals surface area contributed by atoms with Crippen LogP contribution in [-0.4, -0.2) is 15.0 Å². The second kappa shape index (κ2) is 4.76. The van der Waals surface area contributed by atoms with E-state index in [-0.39, 0.29) is 16.4 Å². The summed E-state index contributed by atoms with van der Waals surface area (Å²) >= 11 is 0. The molecular formula is C15H11FO3S. The highest BCUT2D eigenvalue weighted by Crippen LogP contribution is 2.34. The van der Waals surface area contributed by atoms with Crippen molar-refractivity contribution in [2.24, 2.45) is 0 Å². The lowest BCUT2D eigenvalue weighted by atomic mass is 10.2. The number of para-hydroxylation sites is 1. The molecule has 0 spiro atoms. The predicted octanol–water partition coefficient (Wildman–Crippen LogP) is 3.03. The molecule has 0 saturated carbocycles. The van der Waals surface area contributed by atoms with E-state index in [1.165, 1.54) is 12.1 Å². The minimum Gasteiger partial charge on any atom is -0.488 e. The molecule has 0 bridgehead atoms. The zero-order valence-corrected chi connectivity index (χ0v) is 11.2. The maximum atomic E-state index is 13.7. The number of benzene rings is 2. The molecule has 1 aliphatic heterocycles. The molecule has 0 saturated heterocycles. The van der Waals surface area contributed by atoms with Crippen LogP contribution in [0.3, 0.4) is 0 Å². The molecule has 3 rings (SSSR count). The van der Waals surface area contributed by atoms with Crippen LogP contribution in [0.5, 0.6) is 5.75 Å². The van der Waals surface area contributed by atoms with E-state index in [4.69, 9.17) is 4.74 Å². The first kappa shape index (κ1) is 12.9. The number of rotatable bonds is 3. The van der Waals surface area contributed by atoms with E-state index in [0.717, 1.165) is 6.07 Å². The van der Waals surface area contributed by atoms with Gasteiger partial charge in [0, 0.05) is 0 Å². The smallest absolute Gasteiger partial charge is 0.209 e. The average Bonchev–Trinajstić information content (AvgIpc) is 2.70. The van der Waals surface area contributed by atoms with E-state index < -0.39 is 15.7 Å². The second-order valence-electron chi connectivity index (χ2n) is 4.37. The lowest BCUT2D eigenvalue weighted by molar-refractivity contribution is 0.359. The minimum atomic E-state index is -3.79. The number of sulfone groups is 1. The van der Waals surface area contributed by atoms with Crippen molar-refractivity contribution in [1.29, 1.82) is 0 Å². The molecule has 0 aromatic heterocycles. The lowest BCUT2D eigenvalue weighted by Crippen LogP contribution is -2.10. The SMILES string of the molecule is O=S1(=O)C(COc2ccccc2)=Cc2cccc(F)c21. The quantitative estimate of drug-likeness (QED) is 0.872. The Morgan fingerprint density at radius 1 is 1.00 bits per heavy atom. The summed E-state index contributed by atoms with van der Waals surface area (Å²) in [5.74, 6) is -0.159.